The highest BCUT2D eigenvalue weighted by Crippen LogP contribution is 2.42. The summed E-state index contributed by atoms with van der Waals surface area (Å²) in [6, 6.07) is 19.7. The Hall–Kier alpha value is -2.43. The molecule has 150 valence electrons. The molecule has 0 spiro atoms. The van der Waals surface area contributed by atoms with E-state index in [0.717, 1.165) is 42.0 Å². The van der Waals surface area contributed by atoms with Crippen molar-refractivity contribution in [2.24, 2.45) is 5.73 Å². The maximum Gasteiger partial charge on any atom is 0.267 e. The van der Waals surface area contributed by atoms with Crippen molar-refractivity contribution in [3.8, 4) is 11.3 Å². The zero-order chi connectivity index (χ0) is 20.4. The Morgan fingerprint density at radius 2 is 1.86 bits per heavy atom. The highest BCUT2D eigenvalue weighted by Gasteiger charge is 2.37. The summed E-state index contributed by atoms with van der Waals surface area (Å²) in [7, 11) is 0. The molecule has 1 saturated carbocycles. The van der Waals surface area contributed by atoms with Gasteiger partial charge in [0.15, 0.2) is 0 Å². The fourth-order valence-electron chi connectivity index (χ4n) is 4.47. The first-order valence-electron chi connectivity index (χ1n) is 10.1. The largest absolute Gasteiger partial charge is 0.330 e. The molecule has 5 heteroatoms. The second-order valence-electron chi connectivity index (χ2n) is 8.10. The smallest absolute Gasteiger partial charge is 0.267 e. The summed E-state index contributed by atoms with van der Waals surface area (Å²) in [5, 5.41) is 5.46. The lowest BCUT2D eigenvalue weighted by atomic mass is 9.68. The van der Waals surface area contributed by atoms with Gasteiger partial charge in [0.05, 0.1) is 11.7 Å². The minimum absolute atomic E-state index is 0.0468. The van der Waals surface area contributed by atoms with Gasteiger partial charge in [-0.2, -0.15) is 5.10 Å². The molecule has 2 aromatic carbocycles. The molecule has 3 aromatic rings. The Morgan fingerprint density at radius 1 is 1.10 bits per heavy atom. The third-order valence-corrected chi connectivity index (χ3v) is 6.46. The van der Waals surface area contributed by atoms with Crippen LogP contribution in [0.1, 0.15) is 42.9 Å². The van der Waals surface area contributed by atoms with Crippen molar-refractivity contribution in [2.45, 2.75) is 44.1 Å². The van der Waals surface area contributed by atoms with Crippen LogP contribution in [0, 0.1) is 6.92 Å². The Kier molecular flexibility index (Phi) is 5.57. The second-order valence-corrected chi connectivity index (χ2v) is 8.53. The lowest BCUT2D eigenvalue weighted by Gasteiger charge is -2.40. The molecule has 1 aliphatic carbocycles. The standard InChI is InChI=1S/C24H26ClN3O/c1-17-4-2-5-18(14-17)22-8-9-23(29)28(27-22)21-10-12-24(16-26,13-11-21)19-6-3-7-20(25)15-19/h2-9,14-15,21H,10-13,16,26H2,1H3/t21-,24+. The van der Waals surface area contributed by atoms with E-state index in [1.807, 2.05) is 36.4 Å². The number of nitrogens with zero attached hydrogens (tertiary/aromatic N) is 2. The van der Waals surface area contributed by atoms with Gasteiger partial charge in [0.25, 0.3) is 5.56 Å². The van der Waals surface area contributed by atoms with Crippen molar-refractivity contribution in [1.29, 1.82) is 0 Å². The molecule has 2 N–H and O–H groups in total. The molecular weight excluding hydrogens is 382 g/mol. The van der Waals surface area contributed by atoms with Crippen molar-refractivity contribution in [3.63, 3.8) is 0 Å². The second kappa shape index (κ2) is 8.13. The fourth-order valence-corrected chi connectivity index (χ4v) is 4.66. The minimum atomic E-state index is -0.0842. The van der Waals surface area contributed by atoms with Crippen LogP contribution in [0.3, 0.4) is 0 Å². The minimum Gasteiger partial charge on any atom is -0.330 e. The van der Waals surface area contributed by atoms with Crippen LogP contribution < -0.4 is 11.3 Å². The molecule has 0 atom stereocenters. The van der Waals surface area contributed by atoms with Crippen molar-refractivity contribution >= 4 is 11.6 Å². The van der Waals surface area contributed by atoms with Gasteiger partial charge in [-0.25, -0.2) is 4.68 Å². The molecule has 0 radical (unpaired) electrons. The molecule has 1 aromatic heterocycles. The van der Waals surface area contributed by atoms with Gasteiger partial charge in [0.2, 0.25) is 0 Å². The maximum absolute atomic E-state index is 12.6. The van der Waals surface area contributed by atoms with Gasteiger partial charge < -0.3 is 5.73 Å². The summed E-state index contributed by atoms with van der Waals surface area (Å²) in [5.74, 6) is 0. The molecule has 0 aliphatic heterocycles. The average molecular weight is 408 g/mol. The van der Waals surface area contributed by atoms with E-state index in [2.05, 4.69) is 25.1 Å². The monoisotopic (exact) mass is 407 g/mol. The van der Waals surface area contributed by atoms with E-state index in [-0.39, 0.29) is 17.0 Å². The highest BCUT2D eigenvalue weighted by atomic mass is 35.5. The molecule has 1 heterocycles. The summed E-state index contributed by atoms with van der Waals surface area (Å²) in [6.45, 7) is 2.63. The number of hydrogen-bond donors (Lipinski definition) is 1. The third kappa shape index (κ3) is 4.00. The molecule has 1 fully saturated rings. The number of hydrogen-bond acceptors (Lipinski definition) is 3. The van der Waals surface area contributed by atoms with E-state index in [9.17, 15) is 4.79 Å². The highest BCUT2D eigenvalue weighted by molar-refractivity contribution is 6.30. The van der Waals surface area contributed by atoms with Crippen molar-refractivity contribution in [1.82, 2.24) is 9.78 Å². The van der Waals surface area contributed by atoms with Crippen LogP contribution in [0.4, 0.5) is 0 Å². The number of benzene rings is 2. The van der Waals surface area contributed by atoms with Crippen LogP contribution in [0.5, 0.6) is 0 Å². The van der Waals surface area contributed by atoms with Gasteiger partial charge in [-0.3, -0.25) is 4.79 Å². The van der Waals surface area contributed by atoms with Crippen LogP contribution >= 0.6 is 11.6 Å². The summed E-state index contributed by atoms with van der Waals surface area (Å²) in [5.41, 5.74) is 10.3. The van der Waals surface area contributed by atoms with Crippen LogP contribution in [0.15, 0.2) is 65.5 Å². The van der Waals surface area contributed by atoms with E-state index in [0.29, 0.717) is 6.54 Å². The van der Waals surface area contributed by atoms with Crippen LogP contribution in [-0.4, -0.2) is 16.3 Å². The molecule has 1 aliphatic rings. The normalized spacial score (nSPS) is 21.8. The number of halogens is 1. The first-order chi connectivity index (χ1) is 14.0. The lowest BCUT2D eigenvalue weighted by Crippen LogP contribution is -2.41. The zero-order valence-corrected chi connectivity index (χ0v) is 17.4. The van der Waals surface area contributed by atoms with E-state index >= 15 is 0 Å². The van der Waals surface area contributed by atoms with Crippen molar-refractivity contribution in [3.05, 3.63) is 87.2 Å². The van der Waals surface area contributed by atoms with Gasteiger partial charge in [-0.05, 0) is 62.4 Å². The number of aryl methyl sites for hydroxylation is 1. The first-order valence-corrected chi connectivity index (χ1v) is 10.5. The molecule has 0 bridgehead atoms. The first kappa shape index (κ1) is 19.9. The number of rotatable bonds is 4. The van der Waals surface area contributed by atoms with Crippen molar-refractivity contribution < 1.29 is 0 Å². The number of nitrogens with two attached hydrogens (primary N) is 1. The molecule has 4 rings (SSSR count). The molecule has 29 heavy (non-hydrogen) atoms. The molecular formula is C24H26ClN3O. The van der Waals surface area contributed by atoms with Gasteiger partial charge in [0.1, 0.15) is 0 Å². The Morgan fingerprint density at radius 3 is 2.55 bits per heavy atom. The van der Waals surface area contributed by atoms with Gasteiger partial charge in [0, 0.05) is 28.6 Å². The van der Waals surface area contributed by atoms with Crippen LogP contribution in [0.2, 0.25) is 5.02 Å². The average Bonchev–Trinajstić information content (AvgIpc) is 2.74. The molecule has 0 unspecified atom stereocenters. The molecule has 4 nitrogen and oxygen atoms in total. The van der Waals surface area contributed by atoms with Crippen molar-refractivity contribution in [2.75, 3.05) is 6.54 Å². The van der Waals surface area contributed by atoms with E-state index in [1.54, 1.807) is 10.7 Å². The van der Waals surface area contributed by atoms with E-state index in [4.69, 9.17) is 22.4 Å². The van der Waals surface area contributed by atoms with Gasteiger partial charge in [-0.1, -0.05) is 47.5 Å². The predicted molar refractivity (Wildman–Crippen MR) is 118 cm³/mol. The topological polar surface area (TPSA) is 60.9 Å². The number of aromatic nitrogens is 2. The summed E-state index contributed by atoms with van der Waals surface area (Å²) >= 11 is 6.22. The van der Waals surface area contributed by atoms with Crippen LogP contribution in [-0.2, 0) is 5.41 Å². The van der Waals surface area contributed by atoms with E-state index in [1.165, 1.54) is 11.1 Å². The predicted octanol–water partition coefficient (Wildman–Crippen LogP) is 4.88. The third-order valence-electron chi connectivity index (χ3n) is 6.22. The van der Waals surface area contributed by atoms with E-state index < -0.39 is 0 Å². The van der Waals surface area contributed by atoms with Gasteiger partial charge >= 0.3 is 0 Å². The van der Waals surface area contributed by atoms with Gasteiger partial charge in [-0.15, -0.1) is 0 Å². The summed E-state index contributed by atoms with van der Waals surface area (Å²) in [6.07, 6.45) is 3.57. The SMILES string of the molecule is Cc1cccc(-c2ccc(=O)n([C@H]3CC[C@@](CN)(c4cccc(Cl)c4)CC3)n2)c1. The maximum atomic E-state index is 12.6. The summed E-state index contributed by atoms with van der Waals surface area (Å²) < 4.78 is 1.68. The Balaban J connectivity index is 1.60. The molecule has 0 saturated heterocycles. The Bertz CT molecular complexity index is 1070. The molecule has 0 amide bonds. The summed E-state index contributed by atoms with van der Waals surface area (Å²) in [4.78, 5) is 12.6. The Labute approximate surface area is 176 Å². The quantitative estimate of drug-likeness (QED) is 0.670. The van der Waals surface area contributed by atoms with Crippen LogP contribution in [0.25, 0.3) is 11.3 Å². The lowest BCUT2D eigenvalue weighted by molar-refractivity contribution is 0.222. The fraction of sp³-hybridized carbons (Fsp3) is 0.333. The zero-order valence-electron chi connectivity index (χ0n) is 16.6.